The highest BCUT2D eigenvalue weighted by molar-refractivity contribution is 7.91. The second-order valence-electron chi connectivity index (χ2n) is 8.08. The molecule has 3 aromatic rings. The van der Waals surface area contributed by atoms with Gasteiger partial charge >= 0.3 is 0 Å². The molecular formula is C21H24N4O3S2. The zero-order valence-electron chi connectivity index (χ0n) is 16.6. The molecule has 2 aliphatic heterocycles. The number of fused-ring (bicyclic) bond motifs is 1. The van der Waals surface area contributed by atoms with E-state index in [2.05, 4.69) is 14.8 Å². The lowest BCUT2D eigenvalue weighted by Gasteiger charge is -2.37. The van der Waals surface area contributed by atoms with Crippen molar-refractivity contribution in [3.63, 3.8) is 0 Å². The Bertz CT molecular complexity index is 1210. The van der Waals surface area contributed by atoms with Crippen LogP contribution in [0.1, 0.15) is 12.2 Å². The molecular weight excluding hydrogens is 420 g/mol. The van der Waals surface area contributed by atoms with Crippen molar-refractivity contribution in [1.29, 1.82) is 0 Å². The van der Waals surface area contributed by atoms with E-state index >= 15 is 0 Å². The standard InChI is InChI=1S/C21H24N4O3S2/c26-20-19-17(15-4-2-1-3-5-15)13-29-21(19)23-18(22-20)12-24-7-9-25(10-8-24)16-6-11-30(27,28)14-16/h1-5,13,16H,6-12,14H2,(H,22,23,26). The summed E-state index contributed by atoms with van der Waals surface area (Å²) < 4.78 is 23.5. The molecule has 2 fully saturated rings. The van der Waals surface area contributed by atoms with Gasteiger partial charge < -0.3 is 4.98 Å². The quantitative estimate of drug-likeness (QED) is 0.662. The van der Waals surface area contributed by atoms with E-state index in [9.17, 15) is 13.2 Å². The van der Waals surface area contributed by atoms with Crippen LogP contribution in [0.25, 0.3) is 21.3 Å². The Balaban J connectivity index is 1.28. The number of thiophene rings is 1. The third kappa shape index (κ3) is 3.94. The van der Waals surface area contributed by atoms with E-state index in [-0.39, 0.29) is 11.6 Å². The Morgan fingerprint density at radius 2 is 1.90 bits per heavy atom. The summed E-state index contributed by atoms with van der Waals surface area (Å²) in [6.45, 7) is 3.99. The van der Waals surface area contributed by atoms with E-state index < -0.39 is 9.84 Å². The molecule has 1 atom stereocenters. The number of hydrogen-bond acceptors (Lipinski definition) is 7. The molecule has 1 aromatic carbocycles. The molecule has 30 heavy (non-hydrogen) atoms. The number of benzene rings is 1. The molecule has 0 spiro atoms. The highest BCUT2D eigenvalue weighted by Crippen LogP contribution is 2.30. The van der Waals surface area contributed by atoms with Crippen molar-refractivity contribution >= 4 is 31.4 Å². The van der Waals surface area contributed by atoms with Crippen LogP contribution >= 0.6 is 11.3 Å². The lowest BCUT2D eigenvalue weighted by molar-refractivity contribution is 0.0984. The van der Waals surface area contributed by atoms with Gasteiger partial charge in [0.1, 0.15) is 10.7 Å². The summed E-state index contributed by atoms with van der Waals surface area (Å²) in [5, 5.41) is 2.66. The van der Waals surface area contributed by atoms with Crippen molar-refractivity contribution in [1.82, 2.24) is 19.8 Å². The first-order chi connectivity index (χ1) is 14.5. The normalized spacial score (nSPS) is 22.6. The largest absolute Gasteiger partial charge is 0.309 e. The minimum Gasteiger partial charge on any atom is -0.309 e. The van der Waals surface area contributed by atoms with Crippen molar-refractivity contribution in [2.24, 2.45) is 0 Å². The monoisotopic (exact) mass is 444 g/mol. The molecule has 0 aliphatic carbocycles. The Kier molecular flexibility index (Phi) is 5.22. The molecule has 158 valence electrons. The van der Waals surface area contributed by atoms with E-state index in [1.165, 1.54) is 11.3 Å². The number of nitrogens with zero attached hydrogens (tertiary/aromatic N) is 3. The second-order valence-corrected chi connectivity index (χ2v) is 11.2. The molecule has 1 unspecified atom stereocenters. The van der Waals surface area contributed by atoms with Crippen LogP contribution in [0.15, 0.2) is 40.5 Å². The Morgan fingerprint density at radius 1 is 1.13 bits per heavy atom. The van der Waals surface area contributed by atoms with Gasteiger partial charge in [-0.2, -0.15) is 0 Å². The van der Waals surface area contributed by atoms with Crippen molar-refractivity contribution in [3.8, 4) is 11.1 Å². The van der Waals surface area contributed by atoms with Gasteiger partial charge in [-0.3, -0.25) is 14.6 Å². The first kappa shape index (κ1) is 19.9. The third-order valence-corrected chi connectivity index (χ3v) is 8.71. The van der Waals surface area contributed by atoms with Gasteiger partial charge in [0.2, 0.25) is 0 Å². The lowest BCUT2D eigenvalue weighted by Crippen LogP contribution is -2.50. The fourth-order valence-electron chi connectivity index (χ4n) is 4.46. The number of aromatic nitrogens is 2. The zero-order chi connectivity index (χ0) is 20.7. The summed E-state index contributed by atoms with van der Waals surface area (Å²) in [5.74, 6) is 1.29. The van der Waals surface area contributed by atoms with Crippen LogP contribution in [0, 0.1) is 0 Å². The Labute approximate surface area is 179 Å². The summed E-state index contributed by atoms with van der Waals surface area (Å²) in [6, 6.07) is 10.1. The summed E-state index contributed by atoms with van der Waals surface area (Å²) in [6.07, 6.45) is 0.746. The highest BCUT2D eigenvalue weighted by Gasteiger charge is 2.33. The zero-order valence-corrected chi connectivity index (χ0v) is 18.2. The molecule has 4 heterocycles. The fraction of sp³-hybridized carbons (Fsp3) is 0.429. The summed E-state index contributed by atoms with van der Waals surface area (Å²) in [4.78, 5) is 25.8. The van der Waals surface area contributed by atoms with Crippen LogP contribution in [-0.2, 0) is 16.4 Å². The number of hydrogen-bond donors (Lipinski definition) is 1. The second kappa shape index (κ2) is 7.88. The summed E-state index contributed by atoms with van der Waals surface area (Å²) in [5.41, 5.74) is 1.86. The number of sulfone groups is 1. The third-order valence-electron chi connectivity index (χ3n) is 6.08. The lowest BCUT2D eigenvalue weighted by atomic mass is 10.1. The minimum absolute atomic E-state index is 0.0927. The van der Waals surface area contributed by atoms with Gasteiger partial charge in [0.15, 0.2) is 9.84 Å². The Hall–Kier alpha value is -2.07. The smallest absolute Gasteiger partial charge is 0.260 e. The van der Waals surface area contributed by atoms with Crippen LogP contribution in [-0.4, -0.2) is 71.9 Å². The first-order valence-corrected chi connectivity index (χ1v) is 12.9. The molecule has 0 radical (unpaired) electrons. The molecule has 7 nitrogen and oxygen atoms in total. The number of rotatable bonds is 4. The average Bonchev–Trinajstić information content (AvgIpc) is 3.33. The minimum atomic E-state index is -2.85. The molecule has 0 bridgehead atoms. The van der Waals surface area contributed by atoms with Gasteiger partial charge in [-0.05, 0) is 12.0 Å². The van der Waals surface area contributed by atoms with Gasteiger partial charge in [0.05, 0.1) is 23.4 Å². The molecule has 9 heteroatoms. The number of nitrogens with one attached hydrogen (secondary N) is 1. The molecule has 2 aliphatic rings. The maximum absolute atomic E-state index is 12.8. The van der Waals surface area contributed by atoms with Crippen molar-refractivity contribution in [2.45, 2.75) is 19.0 Å². The van der Waals surface area contributed by atoms with E-state index in [0.717, 1.165) is 48.6 Å². The molecule has 2 aromatic heterocycles. The van der Waals surface area contributed by atoms with Gasteiger partial charge in [-0.1, -0.05) is 30.3 Å². The molecule has 0 saturated carbocycles. The van der Waals surface area contributed by atoms with Crippen molar-refractivity contribution in [2.75, 3.05) is 37.7 Å². The van der Waals surface area contributed by atoms with Gasteiger partial charge in [-0.15, -0.1) is 11.3 Å². The summed E-state index contributed by atoms with van der Waals surface area (Å²) in [7, 11) is -2.85. The van der Waals surface area contributed by atoms with E-state index in [4.69, 9.17) is 4.98 Å². The summed E-state index contributed by atoms with van der Waals surface area (Å²) >= 11 is 1.50. The fourth-order valence-corrected chi connectivity index (χ4v) is 7.19. The highest BCUT2D eigenvalue weighted by atomic mass is 32.2. The van der Waals surface area contributed by atoms with Crippen LogP contribution in [0.3, 0.4) is 0 Å². The topological polar surface area (TPSA) is 86.4 Å². The van der Waals surface area contributed by atoms with Gasteiger partial charge in [0.25, 0.3) is 5.56 Å². The molecule has 5 rings (SSSR count). The predicted octanol–water partition coefficient (Wildman–Crippen LogP) is 1.96. The number of piperazine rings is 1. The molecule has 0 amide bonds. The maximum atomic E-state index is 12.8. The van der Waals surface area contributed by atoms with Crippen molar-refractivity contribution in [3.05, 3.63) is 51.9 Å². The molecule has 2 saturated heterocycles. The predicted molar refractivity (Wildman–Crippen MR) is 120 cm³/mol. The first-order valence-electron chi connectivity index (χ1n) is 10.2. The Morgan fingerprint density at radius 3 is 2.60 bits per heavy atom. The number of H-pyrrole nitrogens is 1. The van der Waals surface area contributed by atoms with Crippen molar-refractivity contribution < 1.29 is 8.42 Å². The maximum Gasteiger partial charge on any atom is 0.260 e. The van der Waals surface area contributed by atoms with Crippen LogP contribution < -0.4 is 5.56 Å². The van der Waals surface area contributed by atoms with Crippen LogP contribution in [0.4, 0.5) is 0 Å². The van der Waals surface area contributed by atoms with Gasteiger partial charge in [-0.25, -0.2) is 13.4 Å². The molecule has 1 N–H and O–H groups in total. The van der Waals surface area contributed by atoms with E-state index in [1.807, 2.05) is 35.7 Å². The average molecular weight is 445 g/mol. The van der Waals surface area contributed by atoms with Crippen LogP contribution in [0.2, 0.25) is 0 Å². The van der Waals surface area contributed by atoms with E-state index in [0.29, 0.717) is 29.3 Å². The van der Waals surface area contributed by atoms with Crippen LogP contribution in [0.5, 0.6) is 0 Å². The van der Waals surface area contributed by atoms with Gasteiger partial charge in [0, 0.05) is 43.2 Å². The SMILES string of the molecule is O=c1[nH]c(CN2CCN(C3CCS(=O)(=O)C3)CC2)nc2scc(-c3ccccc3)c12. The van der Waals surface area contributed by atoms with E-state index in [1.54, 1.807) is 0 Å². The number of aromatic amines is 1.